The first-order chi connectivity index (χ1) is 9.18. The molecule has 96 valence electrons. The molecule has 1 aromatic carbocycles. The molecule has 0 N–H and O–H groups in total. The Balaban J connectivity index is 2.11. The highest BCUT2D eigenvalue weighted by Crippen LogP contribution is 2.35. The molecule has 0 aromatic heterocycles. The minimum absolute atomic E-state index is 0.0381. The lowest BCUT2D eigenvalue weighted by atomic mass is 9.82. The predicted octanol–water partition coefficient (Wildman–Crippen LogP) is 3.15. The first-order valence-electron chi connectivity index (χ1n) is 6.28. The fourth-order valence-corrected chi connectivity index (χ4v) is 2.74. The molecule has 0 radical (unpaired) electrons. The van der Waals surface area contributed by atoms with E-state index in [0.29, 0.717) is 5.56 Å². The molecule has 0 saturated heterocycles. The second-order valence-corrected chi connectivity index (χ2v) is 4.81. The summed E-state index contributed by atoms with van der Waals surface area (Å²) in [6.07, 6.45) is 9.29. The summed E-state index contributed by atoms with van der Waals surface area (Å²) in [7, 11) is 0. The van der Waals surface area contributed by atoms with E-state index in [0.717, 1.165) is 5.70 Å². The normalized spacial score (nSPS) is 25.3. The third kappa shape index (κ3) is 1.91. The quantitative estimate of drug-likeness (QED) is 0.768. The molecule has 2 aliphatic heterocycles. The van der Waals surface area contributed by atoms with Crippen molar-refractivity contribution in [2.75, 3.05) is 0 Å². The third-order valence-corrected chi connectivity index (χ3v) is 3.63. The molecule has 2 atom stereocenters. The Morgan fingerprint density at radius 3 is 2.79 bits per heavy atom. The number of fused-ring (bicyclic) bond motifs is 1. The van der Waals surface area contributed by atoms with Gasteiger partial charge >= 0.3 is 0 Å². The number of allylic oxidation sites excluding steroid dienone is 4. The summed E-state index contributed by atoms with van der Waals surface area (Å²) >= 11 is 0. The Bertz CT molecular complexity index is 615. The van der Waals surface area contributed by atoms with E-state index in [9.17, 15) is 9.18 Å². The number of ketones is 1. The minimum Gasteiger partial charge on any atom is -0.344 e. The van der Waals surface area contributed by atoms with Crippen LogP contribution >= 0.6 is 0 Å². The van der Waals surface area contributed by atoms with Crippen molar-refractivity contribution >= 4 is 5.78 Å². The lowest BCUT2D eigenvalue weighted by Crippen LogP contribution is -2.41. The summed E-state index contributed by atoms with van der Waals surface area (Å²) in [5.41, 5.74) is 1.36. The summed E-state index contributed by atoms with van der Waals surface area (Å²) in [6, 6.07) is 6.36. The number of halogens is 1. The van der Waals surface area contributed by atoms with Gasteiger partial charge in [0.1, 0.15) is 5.82 Å². The zero-order chi connectivity index (χ0) is 13.4. The highest BCUT2D eigenvalue weighted by atomic mass is 19.1. The average molecular weight is 255 g/mol. The number of benzene rings is 1. The molecule has 2 nitrogen and oxygen atoms in total. The monoisotopic (exact) mass is 255 g/mol. The Kier molecular flexibility index (Phi) is 2.82. The maximum atomic E-state index is 14.0. The average Bonchev–Trinajstić information content (AvgIpc) is 2.41. The van der Waals surface area contributed by atoms with Gasteiger partial charge in [-0.3, -0.25) is 4.79 Å². The van der Waals surface area contributed by atoms with Gasteiger partial charge in [0.05, 0.1) is 12.0 Å². The van der Waals surface area contributed by atoms with Gasteiger partial charge in [-0.1, -0.05) is 30.4 Å². The zero-order valence-corrected chi connectivity index (χ0v) is 10.6. The third-order valence-electron chi connectivity index (χ3n) is 3.63. The standard InChI is InChI=1S/C16H14FNO/c1-11-10-15(19)16(12-6-2-3-7-13(12)17)14-8-4-5-9-18(11)14/h2-10,14,16H,1H3. The Hall–Kier alpha value is -2.16. The van der Waals surface area contributed by atoms with E-state index in [1.54, 1.807) is 24.3 Å². The fourth-order valence-electron chi connectivity index (χ4n) is 2.74. The molecule has 0 aliphatic carbocycles. The van der Waals surface area contributed by atoms with Crippen molar-refractivity contribution in [2.24, 2.45) is 0 Å². The number of hydrogen-bond acceptors (Lipinski definition) is 2. The lowest BCUT2D eigenvalue weighted by Gasteiger charge is -2.39. The Morgan fingerprint density at radius 2 is 2.00 bits per heavy atom. The highest BCUT2D eigenvalue weighted by Gasteiger charge is 2.36. The van der Waals surface area contributed by atoms with E-state index in [4.69, 9.17) is 0 Å². The maximum absolute atomic E-state index is 14.0. The van der Waals surface area contributed by atoms with Crippen LogP contribution in [0.2, 0.25) is 0 Å². The molecule has 19 heavy (non-hydrogen) atoms. The highest BCUT2D eigenvalue weighted by molar-refractivity contribution is 5.98. The van der Waals surface area contributed by atoms with Gasteiger partial charge in [-0.15, -0.1) is 0 Å². The van der Waals surface area contributed by atoms with Crippen molar-refractivity contribution in [1.82, 2.24) is 4.90 Å². The van der Waals surface area contributed by atoms with Crippen LogP contribution in [-0.4, -0.2) is 16.7 Å². The van der Waals surface area contributed by atoms with Crippen LogP contribution in [0, 0.1) is 5.82 Å². The van der Waals surface area contributed by atoms with E-state index in [2.05, 4.69) is 0 Å². The van der Waals surface area contributed by atoms with Gasteiger partial charge in [0, 0.05) is 23.5 Å². The van der Waals surface area contributed by atoms with Gasteiger partial charge in [0.2, 0.25) is 0 Å². The predicted molar refractivity (Wildman–Crippen MR) is 71.8 cm³/mol. The number of carbonyl (C=O) groups excluding carboxylic acids is 1. The molecule has 0 saturated carbocycles. The van der Waals surface area contributed by atoms with Crippen LogP contribution in [0.4, 0.5) is 4.39 Å². The minimum atomic E-state index is -0.480. The number of rotatable bonds is 1. The van der Waals surface area contributed by atoms with Crippen LogP contribution in [0.3, 0.4) is 0 Å². The van der Waals surface area contributed by atoms with Gasteiger partial charge in [-0.25, -0.2) is 4.39 Å². The van der Waals surface area contributed by atoms with Gasteiger partial charge in [0.15, 0.2) is 5.78 Å². The van der Waals surface area contributed by atoms with Crippen molar-refractivity contribution in [3.63, 3.8) is 0 Å². The van der Waals surface area contributed by atoms with E-state index in [-0.39, 0.29) is 17.6 Å². The van der Waals surface area contributed by atoms with E-state index in [1.807, 2.05) is 36.3 Å². The van der Waals surface area contributed by atoms with Crippen molar-refractivity contribution in [2.45, 2.75) is 18.9 Å². The van der Waals surface area contributed by atoms with Crippen molar-refractivity contribution in [1.29, 1.82) is 0 Å². The summed E-state index contributed by atoms with van der Waals surface area (Å²) < 4.78 is 14.0. The van der Waals surface area contributed by atoms with Gasteiger partial charge in [-0.05, 0) is 19.1 Å². The molecule has 0 amide bonds. The molecule has 3 rings (SSSR count). The summed E-state index contributed by atoms with van der Waals surface area (Å²) in [4.78, 5) is 14.3. The van der Waals surface area contributed by atoms with E-state index < -0.39 is 5.92 Å². The van der Waals surface area contributed by atoms with Gasteiger partial charge in [-0.2, -0.15) is 0 Å². The lowest BCUT2D eigenvalue weighted by molar-refractivity contribution is -0.117. The van der Waals surface area contributed by atoms with Crippen molar-refractivity contribution < 1.29 is 9.18 Å². The van der Waals surface area contributed by atoms with Crippen LogP contribution in [0.1, 0.15) is 18.4 Å². The van der Waals surface area contributed by atoms with Crippen LogP contribution in [-0.2, 0) is 4.79 Å². The van der Waals surface area contributed by atoms with Crippen LogP contribution in [0.15, 0.2) is 60.5 Å². The van der Waals surface area contributed by atoms with Crippen molar-refractivity contribution in [3.05, 3.63) is 71.8 Å². The zero-order valence-electron chi connectivity index (χ0n) is 10.6. The first-order valence-corrected chi connectivity index (χ1v) is 6.28. The smallest absolute Gasteiger partial charge is 0.167 e. The summed E-state index contributed by atoms with van der Waals surface area (Å²) in [5, 5.41) is 0. The SMILES string of the molecule is CC1=CC(=O)C(c2ccccc2F)C2C=CC=CN12. The molecule has 0 bridgehead atoms. The molecule has 1 aromatic rings. The second-order valence-electron chi connectivity index (χ2n) is 4.81. The largest absolute Gasteiger partial charge is 0.344 e. The maximum Gasteiger partial charge on any atom is 0.167 e. The Morgan fingerprint density at radius 1 is 1.21 bits per heavy atom. The van der Waals surface area contributed by atoms with Gasteiger partial charge < -0.3 is 4.90 Å². The van der Waals surface area contributed by atoms with Crippen LogP contribution in [0.5, 0.6) is 0 Å². The Labute approximate surface area is 111 Å². The molecule has 2 unspecified atom stereocenters. The second kappa shape index (κ2) is 4.50. The fraction of sp³-hybridized carbons (Fsp3) is 0.188. The number of carbonyl (C=O) groups is 1. The molecule has 2 heterocycles. The molecule has 0 spiro atoms. The van der Waals surface area contributed by atoms with E-state index >= 15 is 0 Å². The summed E-state index contributed by atoms with van der Waals surface area (Å²) in [5.74, 6) is -0.841. The molecule has 0 fully saturated rings. The molecule has 2 aliphatic rings. The van der Waals surface area contributed by atoms with Crippen LogP contribution < -0.4 is 0 Å². The summed E-state index contributed by atoms with van der Waals surface area (Å²) in [6.45, 7) is 1.89. The molecular formula is C16H14FNO. The van der Waals surface area contributed by atoms with Crippen molar-refractivity contribution in [3.8, 4) is 0 Å². The molecule has 3 heteroatoms. The van der Waals surface area contributed by atoms with Gasteiger partial charge in [0.25, 0.3) is 0 Å². The van der Waals surface area contributed by atoms with E-state index in [1.165, 1.54) is 6.07 Å². The first kappa shape index (κ1) is 11.9. The molecular weight excluding hydrogens is 241 g/mol. The number of nitrogens with zero attached hydrogens (tertiary/aromatic N) is 1. The topological polar surface area (TPSA) is 20.3 Å². The van der Waals surface area contributed by atoms with Crippen LogP contribution in [0.25, 0.3) is 0 Å². The number of hydrogen-bond donors (Lipinski definition) is 0.